The highest BCUT2D eigenvalue weighted by Crippen LogP contribution is 2.23. The van der Waals surface area contributed by atoms with Crippen LogP contribution in [0.1, 0.15) is 12.5 Å². The Balaban J connectivity index is 1.76. The third-order valence-electron chi connectivity index (χ3n) is 3.52. The van der Waals surface area contributed by atoms with Crippen LogP contribution in [0.15, 0.2) is 47.1 Å². The van der Waals surface area contributed by atoms with Gasteiger partial charge in [-0.3, -0.25) is 4.68 Å². The van der Waals surface area contributed by atoms with Crippen LogP contribution in [0.5, 0.6) is 5.75 Å². The van der Waals surface area contributed by atoms with Gasteiger partial charge in [-0.1, -0.05) is 28.1 Å². The SMILES string of the molecule is CCOc1ccc(CCn2ncc3c(F)cc(Br)cc32)cc1. The Kier molecular flexibility index (Phi) is 4.43. The second-order valence-electron chi connectivity index (χ2n) is 5.02. The van der Waals surface area contributed by atoms with E-state index in [1.807, 2.05) is 41.9 Å². The van der Waals surface area contributed by atoms with Crippen LogP contribution >= 0.6 is 15.9 Å². The number of hydrogen-bond donors (Lipinski definition) is 0. The fraction of sp³-hybridized carbons (Fsp3) is 0.235. The van der Waals surface area contributed by atoms with E-state index in [0.29, 0.717) is 18.5 Å². The average Bonchev–Trinajstić information content (AvgIpc) is 2.90. The number of hydrogen-bond acceptors (Lipinski definition) is 2. The van der Waals surface area contributed by atoms with Crippen molar-refractivity contribution in [3.63, 3.8) is 0 Å². The monoisotopic (exact) mass is 362 g/mol. The van der Waals surface area contributed by atoms with Crippen LogP contribution < -0.4 is 4.74 Å². The van der Waals surface area contributed by atoms with E-state index in [1.54, 1.807) is 6.20 Å². The molecule has 0 N–H and O–H groups in total. The molecule has 1 heterocycles. The van der Waals surface area contributed by atoms with Crippen molar-refractivity contribution in [1.82, 2.24) is 9.78 Å². The third-order valence-corrected chi connectivity index (χ3v) is 3.98. The Labute approximate surface area is 136 Å². The lowest BCUT2D eigenvalue weighted by Crippen LogP contribution is -2.03. The second-order valence-corrected chi connectivity index (χ2v) is 5.93. The Bertz CT molecular complexity index is 783. The van der Waals surface area contributed by atoms with Gasteiger partial charge in [0.1, 0.15) is 11.6 Å². The first kappa shape index (κ1) is 15.0. The standard InChI is InChI=1S/C17H16BrFN2O/c1-2-22-14-5-3-12(4-6-14)7-8-21-17-10-13(18)9-16(19)15(17)11-20-21/h3-6,9-11H,2,7-8H2,1H3. The molecule has 0 unspecified atom stereocenters. The largest absolute Gasteiger partial charge is 0.494 e. The maximum Gasteiger partial charge on any atom is 0.135 e. The summed E-state index contributed by atoms with van der Waals surface area (Å²) in [6.07, 6.45) is 2.41. The van der Waals surface area contributed by atoms with Crippen molar-refractivity contribution in [3.05, 3.63) is 58.4 Å². The van der Waals surface area contributed by atoms with Crippen LogP contribution in [-0.4, -0.2) is 16.4 Å². The van der Waals surface area contributed by atoms with Gasteiger partial charge in [0.25, 0.3) is 0 Å². The maximum absolute atomic E-state index is 13.8. The van der Waals surface area contributed by atoms with Crippen molar-refractivity contribution in [3.8, 4) is 5.75 Å². The fourth-order valence-corrected chi connectivity index (χ4v) is 2.85. The number of aryl methyl sites for hydroxylation is 2. The second kappa shape index (κ2) is 6.48. The molecule has 114 valence electrons. The Morgan fingerprint density at radius 2 is 2.00 bits per heavy atom. The van der Waals surface area contributed by atoms with E-state index < -0.39 is 0 Å². The van der Waals surface area contributed by atoms with E-state index >= 15 is 0 Å². The number of ether oxygens (including phenoxy) is 1. The van der Waals surface area contributed by atoms with Crippen LogP contribution in [0.25, 0.3) is 10.9 Å². The highest BCUT2D eigenvalue weighted by Gasteiger charge is 2.08. The topological polar surface area (TPSA) is 27.1 Å². The Morgan fingerprint density at radius 1 is 1.23 bits per heavy atom. The van der Waals surface area contributed by atoms with Crippen LogP contribution in [0.2, 0.25) is 0 Å². The first-order valence-electron chi connectivity index (χ1n) is 7.19. The molecule has 3 aromatic rings. The van der Waals surface area contributed by atoms with Gasteiger partial charge in [-0.05, 0) is 43.2 Å². The molecule has 0 atom stereocenters. The third kappa shape index (κ3) is 3.14. The number of halogens is 2. The van der Waals surface area contributed by atoms with Crippen molar-refractivity contribution < 1.29 is 9.13 Å². The summed E-state index contributed by atoms with van der Waals surface area (Å²) in [5.41, 5.74) is 2.00. The number of nitrogens with zero attached hydrogens (tertiary/aromatic N) is 2. The predicted octanol–water partition coefficient (Wildman–Crippen LogP) is 4.58. The molecule has 5 heteroatoms. The number of fused-ring (bicyclic) bond motifs is 1. The summed E-state index contributed by atoms with van der Waals surface area (Å²) in [4.78, 5) is 0. The van der Waals surface area contributed by atoms with Gasteiger partial charge in [0.05, 0.1) is 23.7 Å². The molecule has 22 heavy (non-hydrogen) atoms. The van der Waals surface area contributed by atoms with Crippen LogP contribution in [0.3, 0.4) is 0 Å². The first-order valence-corrected chi connectivity index (χ1v) is 7.99. The van der Waals surface area contributed by atoms with Crippen LogP contribution in [0.4, 0.5) is 4.39 Å². The summed E-state index contributed by atoms with van der Waals surface area (Å²) >= 11 is 3.33. The lowest BCUT2D eigenvalue weighted by Gasteiger charge is -2.06. The summed E-state index contributed by atoms with van der Waals surface area (Å²) in [5.74, 6) is 0.624. The zero-order valence-corrected chi connectivity index (χ0v) is 13.8. The zero-order valence-electron chi connectivity index (χ0n) is 12.2. The molecule has 2 aromatic carbocycles. The summed E-state index contributed by atoms with van der Waals surface area (Å²) < 4.78 is 21.8. The van der Waals surface area contributed by atoms with E-state index in [2.05, 4.69) is 21.0 Å². The molecule has 0 amide bonds. The van der Waals surface area contributed by atoms with Gasteiger partial charge < -0.3 is 4.74 Å². The smallest absolute Gasteiger partial charge is 0.135 e. The Morgan fingerprint density at radius 3 is 2.73 bits per heavy atom. The molecular weight excluding hydrogens is 347 g/mol. The van der Waals surface area contributed by atoms with Crippen molar-refractivity contribution in [2.24, 2.45) is 0 Å². The molecule has 0 aliphatic rings. The van der Waals surface area contributed by atoms with Crippen LogP contribution in [-0.2, 0) is 13.0 Å². The number of benzene rings is 2. The zero-order chi connectivity index (χ0) is 15.5. The van der Waals surface area contributed by atoms with Gasteiger partial charge in [0.2, 0.25) is 0 Å². The lowest BCUT2D eigenvalue weighted by molar-refractivity contribution is 0.340. The van der Waals surface area contributed by atoms with Crippen molar-refractivity contribution in [2.75, 3.05) is 6.61 Å². The summed E-state index contributed by atoms with van der Waals surface area (Å²) in [7, 11) is 0. The quantitative estimate of drug-likeness (QED) is 0.664. The molecule has 0 radical (unpaired) electrons. The van der Waals surface area contributed by atoms with E-state index in [9.17, 15) is 4.39 Å². The number of aromatic nitrogens is 2. The molecule has 1 aromatic heterocycles. The molecule has 0 aliphatic carbocycles. The molecular formula is C17H16BrFN2O. The van der Waals surface area contributed by atoms with Gasteiger partial charge in [-0.2, -0.15) is 5.10 Å². The van der Waals surface area contributed by atoms with Gasteiger partial charge in [-0.25, -0.2) is 4.39 Å². The summed E-state index contributed by atoms with van der Waals surface area (Å²) in [5, 5.41) is 4.84. The van der Waals surface area contributed by atoms with E-state index in [1.165, 1.54) is 11.6 Å². The molecule has 0 saturated heterocycles. The van der Waals surface area contributed by atoms with E-state index in [4.69, 9.17) is 4.74 Å². The van der Waals surface area contributed by atoms with Gasteiger partial charge in [-0.15, -0.1) is 0 Å². The van der Waals surface area contributed by atoms with Gasteiger partial charge in [0, 0.05) is 11.0 Å². The minimum Gasteiger partial charge on any atom is -0.494 e. The van der Waals surface area contributed by atoms with Crippen LogP contribution in [0, 0.1) is 5.82 Å². The molecule has 0 saturated carbocycles. The Hall–Kier alpha value is -1.88. The molecule has 0 fully saturated rings. The summed E-state index contributed by atoms with van der Waals surface area (Å²) in [6, 6.07) is 11.4. The predicted molar refractivity (Wildman–Crippen MR) is 88.7 cm³/mol. The highest BCUT2D eigenvalue weighted by atomic mass is 79.9. The molecule has 0 bridgehead atoms. The highest BCUT2D eigenvalue weighted by molar-refractivity contribution is 9.10. The van der Waals surface area contributed by atoms with E-state index in [-0.39, 0.29) is 5.82 Å². The average molecular weight is 363 g/mol. The van der Waals surface area contributed by atoms with Crippen molar-refractivity contribution in [2.45, 2.75) is 19.9 Å². The van der Waals surface area contributed by atoms with E-state index in [0.717, 1.165) is 22.2 Å². The molecule has 3 rings (SSSR count). The molecule has 0 spiro atoms. The first-order chi connectivity index (χ1) is 10.7. The normalized spacial score (nSPS) is 11.0. The minimum atomic E-state index is -0.253. The number of rotatable bonds is 5. The maximum atomic E-state index is 13.8. The summed E-state index contributed by atoms with van der Waals surface area (Å²) in [6.45, 7) is 3.33. The van der Waals surface area contributed by atoms with Crippen molar-refractivity contribution in [1.29, 1.82) is 0 Å². The minimum absolute atomic E-state index is 0.253. The van der Waals surface area contributed by atoms with Crippen molar-refractivity contribution >= 4 is 26.8 Å². The molecule has 3 nitrogen and oxygen atoms in total. The lowest BCUT2D eigenvalue weighted by atomic mass is 10.1. The van der Waals surface area contributed by atoms with Gasteiger partial charge in [0.15, 0.2) is 0 Å². The van der Waals surface area contributed by atoms with Gasteiger partial charge >= 0.3 is 0 Å². The molecule has 0 aliphatic heterocycles. The fourth-order valence-electron chi connectivity index (χ4n) is 2.43.